The summed E-state index contributed by atoms with van der Waals surface area (Å²) in [6.45, 7) is 2.63. The molecule has 2 amide bonds. The monoisotopic (exact) mass is 483 g/mol. The van der Waals surface area contributed by atoms with Crippen molar-refractivity contribution in [3.8, 4) is 0 Å². The predicted octanol–water partition coefficient (Wildman–Crippen LogP) is 1.01. The fraction of sp³-hybridized carbons (Fsp3) is 0.263. The highest BCUT2D eigenvalue weighted by Gasteiger charge is 2.30. The lowest BCUT2D eigenvalue weighted by atomic mass is 10.3. The maximum absolute atomic E-state index is 12.8. The van der Waals surface area contributed by atoms with E-state index in [9.17, 15) is 18.0 Å². The van der Waals surface area contributed by atoms with Crippen LogP contribution in [-0.4, -0.2) is 77.8 Å². The van der Waals surface area contributed by atoms with Crippen molar-refractivity contribution in [1.82, 2.24) is 9.21 Å². The molecule has 11 nitrogen and oxygen atoms in total. The lowest BCUT2D eigenvalue weighted by Crippen LogP contribution is -2.50. The number of nitrogens with one attached hydrogen (secondary N) is 1. The molecule has 1 aliphatic heterocycles. The number of sulfonamides is 1. The van der Waals surface area contributed by atoms with Crippen LogP contribution in [0.1, 0.15) is 16.6 Å². The van der Waals surface area contributed by atoms with Crippen LogP contribution in [0.4, 0.5) is 5.69 Å². The van der Waals surface area contributed by atoms with E-state index < -0.39 is 22.0 Å². The van der Waals surface area contributed by atoms with Crippen molar-refractivity contribution in [3.05, 3.63) is 46.7 Å². The van der Waals surface area contributed by atoms with E-state index in [2.05, 4.69) is 5.32 Å². The van der Waals surface area contributed by atoms with Crippen LogP contribution in [0.15, 0.2) is 46.7 Å². The summed E-state index contributed by atoms with van der Waals surface area (Å²) in [4.78, 5) is 44.1. The van der Waals surface area contributed by atoms with Gasteiger partial charge in [-0.2, -0.15) is 4.31 Å². The number of amides is 2. The molecular formula is C19H21N3O8S2. The maximum Gasteiger partial charge on any atom is 0.414 e. The Morgan fingerprint density at radius 3 is 1.94 bits per heavy atom. The molecule has 0 unspecified atom stereocenters. The number of carbonyl (C=O) groups is 4. The second kappa shape index (κ2) is 10.8. The fourth-order valence-corrected chi connectivity index (χ4v) is 4.86. The number of piperazine rings is 1. The molecule has 32 heavy (non-hydrogen) atoms. The van der Waals surface area contributed by atoms with Crippen molar-refractivity contribution in [2.45, 2.75) is 11.8 Å². The van der Waals surface area contributed by atoms with Gasteiger partial charge in [-0.25, -0.2) is 18.0 Å². The first-order valence-corrected chi connectivity index (χ1v) is 11.5. The van der Waals surface area contributed by atoms with Crippen molar-refractivity contribution in [2.75, 3.05) is 31.5 Å². The lowest BCUT2D eigenvalue weighted by molar-refractivity contribution is -0.159. The maximum atomic E-state index is 12.8. The Labute approximate surface area is 187 Å². The van der Waals surface area contributed by atoms with E-state index in [1.54, 1.807) is 23.1 Å². The van der Waals surface area contributed by atoms with Crippen molar-refractivity contribution in [1.29, 1.82) is 0 Å². The summed E-state index contributed by atoms with van der Waals surface area (Å²) in [6, 6.07) is 9.67. The van der Waals surface area contributed by atoms with Gasteiger partial charge in [-0.1, -0.05) is 6.07 Å². The molecule has 1 aromatic carbocycles. The van der Waals surface area contributed by atoms with Crippen molar-refractivity contribution >= 4 is 50.8 Å². The van der Waals surface area contributed by atoms with Crippen molar-refractivity contribution in [2.24, 2.45) is 0 Å². The van der Waals surface area contributed by atoms with Crippen molar-refractivity contribution in [3.63, 3.8) is 0 Å². The molecule has 0 atom stereocenters. The summed E-state index contributed by atoms with van der Waals surface area (Å²) in [5.74, 6) is -3.92. The van der Waals surface area contributed by atoms with Gasteiger partial charge in [-0.05, 0) is 35.7 Å². The molecule has 0 bridgehead atoms. The highest BCUT2D eigenvalue weighted by molar-refractivity contribution is 7.89. The van der Waals surface area contributed by atoms with Gasteiger partial charge in [0.2, 0.25) is 15.9 Å². The zero-order valence-corrected chi connectivity index (χ0v) is 18.6. The summed E-state index contributed by atoms with van der Waals surface area (Å²) in [6.07, 6.45) is 0. The molecule has 0 radical (unpaired) electrons. The van der Waals surface area contributed by atoms with Gasteiger partial charge in [0.25, 0.3) is 5.91 Å². The number of nitrogens with zero attached hydrogens (tertiary/aromatic N) is 2. The van der Waals surface area contributed by atoms with Crippen LogP contribution >= 0.6 is 11.3 Å². The average Bonchev–Trinajstić information content (AvgIpc) is 3.28. The normalized spacial score (nSPS) is 14.1. The second-order valence-electron chi connectivity index (χ2n) is 6.49. The highest BCUT2D eigenvalue weighted by atomic mass is 32.2. The van der Waals surface area contributed by atoms with Gasteiger partial charge in [-0.15, -0.1) is 11.3 Å². The fourth-order valence-electron chi connectivity index (χ4n) is 2.75. The van der Waals surface area contributed by atoms with E-state index in [4.69, 9.17) is 19.8 Å². The first kappa shape index (κ1) is 25.0. The van der Waals surface area contributed by atoms with Gasteiger partial charge in [0.05, 0.1) is 9.77 Å². The number of hydrogen-bond acceptors (Lipinski definition) is 7. The highest BCUT2D eigenvalue weighted by Crippen LogP contribution is 2.21. The van der Waals surface area contributed by atoms with Gasteiger partial charge >= 0.3 is 11.9 Å². The van der Waals surface area contributed by atoms with E-state index in [1.165, 1.54) is 34.7 Å². The summed E-state index contributed by atoms with van der Waals surface area (Å²) in [5.41, 5.74) is 0.544. The molecule has 1 fully saturated rings. The van der Waals surface area contributed by atoms with Gasteiger partial charge in [0.1, 0.15) is 0 Å². The summed E-state index contributed by atoms with van der Waals surface area (Å²) < 4.78 is 26.9. The van der Waals surface area contributed by atoms with E-state index in [-0.39, 0.29) is 29.8 Å². The SMILES string of the molecule is CC(=O)Nc1ccc(S(=O)(=O)N2CCN(C(=O)c3cccs3)CC2)cc1.O=C(O)C(=O)O. The number of carboxylic acids is 2. The Balaban J connectivity index is 0.000000534. The number of aliphatic carboxylic acids is 2. The molecule has 1 aromatic heterocycles. The molecule has 3 N–H and O–H groups in total. The van der Waals surface area contributed by atoms with Crippen LogP contribution in [0, 0.1) is 0 Å². The Morgan fingerprint density at radius 1 is 0.938 bits per heavy atom. The molecule has 3 rings (SSSR count). The van der Waals surface area contributed by atoms with Crippen LogP contribution in [0.2, 0.25) is 0 Å². The Hall–Kier alpha value is -3.29. The second-order valence-corrected chi connectivity index (χ2v) is 9.38. The lowest BCUT2D eigenvalue weighted by Gasteiger charge is -2.33. The molecule has 13 heteroatoms. The van der Waals surface area contributed by atoms with Gasteiger partial charge in [0.15, 0.2) is 0 Å². The third-order valence-electron chi connectivity index (χ3n) is 4.25. The molecular weight excluding hydrogens is 462 g/mol. The molecule has 1 saturated heterocycles. The number of anilines is 1. The smallest absolute Gasteiger partial charge is 0.414 e. The molecule has 1 aliphatic rings. The largest absolute Gasteiger partial charge is 0.473 e. The minimum Gasteiger partial charge on any atom is -0.473 e. The quantitative estimate of drug-likeness (QED) is 0.543. The topological polar surface area (TPSA) is 161 Å². The summed E-state index contributed by atoms with van der Waals surface area (Å²) in [5, 5.41) is 19.2. The number of thiophene rings is 1. The Morgan fingerprint density at radius 2 is 1.50 bits per heavy atom. The third-order valence-corrected chi connectivity index (χ3v) is 7.02. The van der Waals surface area contributed by atoms with Crippen molar-refractivity contribution < 1.29 is 37.8 Å². The Kier molecular flexibility index (Phi) is 8.46. The number of benzene rings is 1. The molecule has 2 heterocycles. The van der Waals surface area contributed by atoms with E-state index in [0.29, 0.717) is 23.7 Å². The molecule has 0 saturated carbocycles. The zero-order chi connectivity index (χ0) is 23.9. The summed E-state index contributed by atoms with van der Waals surface area (Å²) >= 11 is 1.38. The molecule has 0 spiro atoms. The van der Waals surface area contributed by atoms with Crippen LogP contribution in [-0.2, 0) is 24.4 Å². The minimum absolute atomic E-state index is 0.0586. The van der Waals surface area contributed by atoms with E-state index in [0.717, 1.165) is 0 Å². The zero-order valence-electron chi connectivity index (χ0n) is 16.9. The van der Waals surface area contributed by atoms with E-state index in [1.807, 2.05) is 11.4 Å². The third kappa shape index (κ3) is 6.60. The number of hydrogen-bond donors (Lipinski definition) is 3. The van der Waals surface area contributed by atoms with Crippen LogP contribution in [0.5, 0.6) is 0 Å². The first-order chi connectivity index (χ1) is 15.0. The minimum atomic E-state index is -3.62. The van der Waals surface area contributed by atoms with E-state index >= 15 is 0 Å². The average molecular weight is 484 g/mol. The number of carbonyl (C=O) groups excluding carboxylic acids is 2. The van der Waals surface area contributed by atoms with Crippen LogP contribution < -0.4 is 5.32 Å². The predicted molar refractivity (Wildman–Crippen MR) is 115 cm³/mol. The van der Waals surface area contributed by atoms with Gasteiger partial charge < -0.3 is 20.4 Å². The molecule has 0 aliphatic carbocycles. The Bertz CT molecular complexity index is 1060. The molecule has 2 aromatic rings. The standard InChI is InChI=1S/C17H19N3O4S2.C2H2O4/c1-13(21)18-14-4-6-15(7-5-14)26(23,24)20-10-8-19(9-11-20)17(22)16-3-2-12-25-16;3-1(4)2(5)6/h2-7,12H,8-11H2,1H3,(H,18,21);(H,3,4)(H,5,6). The first-order valence-electron chi connectivity index (χ1n) is 9.19. The van der Waals surface area contributed by atoms with Gasteiger partial charge in [0, 0.05) is 38.8 Å². The number of rotatable bonds is 4. The van der Waals surface area contributed by atoms with Gasteiger partial charge in [-0.3, -0.25) is 9.59 Å². The molecule has 172 valence electrons. The van der Waals surface area contributed by atoms with Crippen LogP contribution in [0.25, 0.3) is 0 Å². The summed E-state index contributed by atoms with van der Waals surface area (Å²) in [7, 11) is -3.62. The number of carboxylic acid groups (broad SMARTS) is 2. The van der Waals surface area contributed by atoms with Crippen LogP contribution in [0.3, 0.4) is 0 Å².